The van der Waals surface area contributed by atoms with Crippen LogP contribution in [0.25, 0.3) is 0 Å². The smallest absolute Gasteiger partial charge is 0.320 e. The molecular formula is C10H15Cl3N2O4. The summed E-state index contributed by atoms with van der Waals surface area (Å²) in [5.41, 5.74) is 0. The van der Waals surface area contributed by atoms with Crippen LogP contribution in [0.15, 0.2) is 0 Å². The lowest BCUT2D eigenvalue weighted by Gasteiger charge is -2.07. The van der Waals surface area contributed by atoms with Gasteiger partial charge >= 0.3 is 11.9 Å². The second-order valence-electron chi connectivity index (χ2n) is 4.46. The number of hydrogen-bond acceptors (Lipinski definition) is 4. The molecule has 0 aromatic heterocycles. The van der Waals surface area contributed by atoms with E-state index in [2.05, 4.69) is 10.6 Å². The summed E-state index contributed by atoms with van der Waals surface area (Å²) in [6.45, 7) is 0.950. The quantitative estimate of drug-likeness (QED) is 0.554. The number of rotatable bonds is 2. The molecule has 0 aromatic carbocycles. The first-order chi connectivity index (χ1) is 8.71. The van der Waals surface area contributed by atoms with Crippen molar-refractivity contribution < 1.29 is 19.8 Å². The number of carbonyl (C=O) groups is 2. The molecular weight excluding hydrogens is 318 g/mol. The standard InChI is InChI=1S/C5H7Cl2NO2.C5H8ClNO2/c6-5(7)1-3(4(9)10)8-2-5;6-3-1-4(5(8)9)7-2-3/h3,8H,1-2H2,(H,9,10);3-4,7H,1-2H2,(H,8,9). The molecule has 0 radical (unpaired) electrons. The molecule has 6 nitrogen and oxygen atoms in total. The summed E-state index contributed by atoms with van der Waals surface area (Å²) in [6, 6.07) is -1.01. The SMILES string of the molecule is O=C(O)C1CC(Cl)(Cl)CN1.O=C(O)C1CC(Cl)CN1. The van der Waals surface area contributed by atoms with E-state index < -0.39 is 28.4 Å². The van der Waals surface area contributed by atoms with Crippen molar-refractivity contribution in [2.45, 2.75) is 34.6 Å². The van der Waals surface area contributed by atoms with Crippen LogP contribution >= 0.6 is 34.8 Å². The van der Waals surface area contributed by atoms with E-state index >= 15 is 0 Å². The van der Waals surface area contributed by atoms with Crippen molar-refractivity contribution in [3.05, 3.63) is 0 Å². The molecule has 0 saturated carbocycles. The topological polar surface area (TPSA) is 98.7 Å². The molecule has 19 heavy (non-hydrogen) atoms. The number of halogens is 3. The van der Waals surface area contributed by atoms with Gasteiger partial charge in [-0.25, -0.2) is 0 Å². The molecule has 0 aliphatic carbocycles. The zero-order valence-corrected chi connectivity index (χ0v) is 12.2. The Morgan fingerprint density at radius 2 is 1.68 bits per heavy atom. The van der Waals surface area contributed by atoms with Crippen LogP contribution in [-0.2, 0) is 9.59 Å². The number of nitrogens with one attached hydrogen (secondary N) is 2. The zero-order chi connectivity index (χ0) is 14.6. The Morgan fingerprint density at radius 3 is 1.89 bits per heavy atom. The van der Waals surface area contributed by atoms with Crippen molar-refractivity contribution >= 4 is 46.7 Å². The van der Waals surface area contributed by atoms with Crippen LogP contribution in [0.3, 0.4) is 0 Å². The van der Waals surface area contributed by atoms with Gasteiger partial charge in [0.05, 0.1) is 0 Å². The molecule has 2 aliphatic heterocycles. The van der Waals surface area contributed by atoms with Gasteiger partial charge in [0.25, 0.3) is 0 Å². The highest BCUT2D eigenvalue weighted by Gasteiger charge is 2.38. The molecule has 0 spiro atoms. The monoisotopic (exact) mass is 332 g/mol. The Balaban J connectivity index is 0.000000191. The number of carboxylic acid groups (broad SMARTS) is 2. The van der Waals surface area contributed by atoms with Gasteiger partial charge in [-0.05, 0) is 6.42 Å². The van der Waals surface area contributed by atoms with E-state index in [-0.39, 0.29) is 11.8 Å². The molecule has 0 aromatic rings. The average Bonchev–Trinajstić information content (AvgIpc) is 2.85. The van der Waals surface area contributed by atoms with Gasteiger partial charge in [0.2, 0.25) is 0 Å². The van der Waals surface area contributed by atoms with Crippen molar-refractivity contribution in [2.24, 2.45) is 0 Å². The summed E-state index contributed by atoms with van der Waals surface area (Å²) in [7, 11) is 0. The maximum atomic E-state index is 10.3. The normalized spacial score (nSPS) is 32.5. The van der Waals surface area contributed by atoms with Crippen molar-refractivity contribution in [3.8, 4) is 0 Å². The number of aliphatic carboxylic acids is 2. The fourth-order valence-corrected chi connectivity index (χ4v) is 2.50. The summed E-state index contributed by atoms with van der Waals surface area (Å²) in [5, 5.41) is 22.3. The minimum atomic E-state index is -0.900. The van der Waals surface area contributed by atoms with Gasteiger partial charge in [-0.15, -0.1) is 34.8 Å². The third-order valence-corrected chi connectivity index (χ3v) is 3.69. The number of alkyl halides is 3. The summed E-state index contributed by atoms with van der Waals surface area (Å²) in [5.74, 6) is -1.71. The molecule has 4 N–H and O–H groups in total. The Labute approximate surface area is 125 Å². The molecule has 2 fully saturated rings. The largest absolute Gasteiger partial charge is 0.480 e. The molecule has 110 valence electrons. The molecule has 3 unspecified atom stereocenters. The summed E-state index contributed by atoms with van der Waals surface area (Å²) in [4.78, 5) is 20.5. The van der Waals surface area contributed by atoms with Crippen LogP contribution < -0.4 is 10.6 Å². The van der Waals surface area contributed by atoms with Crippen LogP contribution in [0.1, 0.15) is 12.8 Å². The molecule has 2 heterocycles. The van der Waals surface area contributed by atoms with E-state index in [0.717, 1.165) is 0 Å². The van der Waals surface area contributed by atoms with Crippen LogP contribution in [0.5, 0.6) is 0 Å². The van der Waals surface area contributed by atoms with E-state index in [1.807, 2.05) is 0 Å². The first kappa shape index (κ1) is 16.8. The Bertz CT molecular complexity index is 354. The lowest BCUT2D eigenvalue weighted by atomic mass is 10.2. The molecule has 0 amide bonds. The van der Waals surface area contributed by atoms with Crippen LogP contribution in [-0.4, -0.2) is 57.0 Å². The zero-order valence-electron chi connectivity index (χ0n) is 9.91. The highest BCUT2D eigenvalue weighted by Crippen LogP contribution is 2.30. The van der Waals surface area contributed by atoms with Gasteiger partial charge in [-0.1, -0.05) is 0 Å². The Morgan fingerprint density at radius 1 is 1.11 bits per heavy atom. The molecule has 2 rings (SSSR count). The molecule has 2 aliphatic rings. The van der Waals surface area contributed by atoms with Gasteiger partial charge in [0.1, 0.15) is 16.4 Å². The first-order valence-corrected chi connectivity index (χ1v) is 6.85. The van der Waals surface area contributed by atoms with E-state index in [1.54, 1.807) is 0 Å². The van der Waals surface area contributed by atoms with E-state index in [0.29, 0.717) is 19.5 Å². The van der Waals surface area contributed by atoms with Crippen molar-refractivity contribution in [1.82, 2.24) is 10.6 Å². The van der Waals surface area contributed by atoms with Gasteiger partial charge in [-0.3, -0.25) is 9.59 Å². The third kappa shape index (κ3) is 5.71. The fraction of sp³-hybridized carbons (Fsp3) is 0.800. The summed E-state index contributed by atoms with van der Waals surface area (Å²) >= 11 is 16.9. The fourth-order valence-electron chi connectivity index (χ4n) is 1.77. The third-order valence-electron chi connectivity index (χ3n) is 2.78. The first-order valence-electron chi connectivity index (χ1n) is 5.65. The minimum Gasteiger partial charge on any atom is -0.480 e. The maximum absolute atomic E-state index is 10.3. The van der Waals surface area contributed by atoms with Crippen LogP contribution in [0.2, 0.25) is 0 Å². The van der Waals surface area contributed by atoms with E-state index in [4.69, 9.17) is 45.0 Å². The maximum Gasteiger partial charge on any atom is 0.320 e. The van der Waals surface area contributed by atoms with Crippen molar-refractivity contribution in [1.29, 1.82) is 0 Å². The Kier molecular flexibility index (Phi) is 6.14. The second-order valence-corrected chi connectivity index (χ2v) is 6.72. The molecule has 2 saturated heterocycles. The lowest BCUT2D eigenvalue weighted by Crippen LogP contribution is -2.30. The number of hydrogen-bond donors (Lipinski definition) is 4. The van der Waals surface area contributed by atoms with Crippen molar-refractivity contribution in [2.75, 3.05) is 13.1 Å². The van der Waals surface area contributed by atoms with E-state index in [9.17, 15) is 9.59 Å². The van der Waals surface area contributed by atoms with Crippen molar-refractivity contribution in [3.63, 3.8) is 0 Å². The molecule has 0 bridgehead atoms. The minimum absolute atomic E-state index is 0.00824. The van der Waals surface area contributed by atoms with Crippen LogP contribution in [0.4, 0.5) is 0 Å². The second kappa shape index (κ2) is 6.95. The average molecular weight is 334 g/mol. The highest BCUT2D eigenvalue weighted by molar-refractivity contribution is 6.49. The summed E-state index contributed by atoms with van der Waals surface area (Å²) < 4.78 is -0.900. The van der Waals surface area contributed by atoms with Crippen LogP contribution in [0, 0.1) is 0 Å². The van der Waals surface area contributed by atoms with Gasteiger partial charge in [0, 0.05) is 24.9 Å². The molecule has 3 atom stereocenters. The summed E-state index contributed by atoms with van der Waals surface area (Å²) in [6.07, 6.45) is 0.808. The van der Waals surface area contributed by atoms with E-state index in [1.165, 1.54) is 0 Å². The Hall–Kier alpha value is -0.270. The number of carboxylic acids is 2. The predicted molar refractivity (Wildman–Crippen MR) is 72.2 cm³/mol. The lowest BCUT2D eigenvalue weighted by molar-refractivity contribution is -0.140. The van der Waals surface area contributed by atoms with Gasteiger partial charge < -0.3 is 20.8 Å². The highest BCUT2D eigenvalue weighted by atomic mass is 35.5. The van der Waals surface area contributed by atoms with Gasteiger partial charge in [-0.2, -0.15) is 0 Å². The predicted octanol–water partition coefficient (Wildman–Crippen LogP) is 0.647. The van der Waals surface area contributed by atoms with Gasteiger partial charge in [0.15, 0.2) is 0 Å². The molecule has 9 heteroatoms.